The zero-order valence-corrected chi connectivity index (χ0v) is 31.1. The molecular weight excluding hydrogens is 696 g/mol. The van der Waals surface area contributed by atoms with E-state index in [4.69, 9.17) is 13.7 Å². The average Bonchev–Trinajstić information content (AvgIpc) is 3.15. The fourth-order valence-electron chi connectivity index (χ4n) is 6.73. The lowest BCUT2D eigenvalue weighted by molar-refractivity contribution is -0.0836. The van der Waals surface area contributed by atoms with Gasteiger partial charge in [-0.15, -0.1) is 5.10 Å². The smallest absolute Gasteiger partial charge is 0.407 e. The van der Waals surface area contributed by atoms with E-state index in [1.807, 2.05) is 26.0 Å². The molecule has 2 N–H and O–H groups in total. The number of halogens is 2. The number of rotatable bonds is 17. The normalized spacial score (nSPS) is 16.6. The van der Waals surface area contributed by atoms with Crippen molar-refractivity contribution < 1.29 is 40.8 Å². The van der Waals surface area contributed by atoms with E-state index in [0.717, 1.165) is 53.6 Å². The van der Waals surface area contributed by atoms with Crippen LogP contribution in [0.2, 0.25) is 0 Å². The number of fused-ring (bicyclic) bond motifs is 1. The largest absolute Gasteiger partial charge is 0.491 e. The maximum atomic E-state index is 15.7. The van der Waals surface area contributed by atoms with Crippen LogP contribution in [0.4, 0.5) is 25.1 Å². The topological polar surface area (TPSA) is 143 Å². The molecule has 5 rings (SSSR count). The highest BCUT2D eigenvalue weighted by atomic mass is 32.2. The van der Waals surface area contributed by atoms with Crippen LogP contribution < -0.4 is 15.0 Å². The summed E-state index contributed by atoms with van der Waals surface area (Å²) in [5.41, 5.74) is 2.24. The van der Waals surface area contributed by atoms with Crippen LogP contribution in [0.25, 0.3) is 10.8 Å². The van der Waals surface area contributed by atoms with Gasteiger partial charge in [-0.3, -0.25) is 4.18 Å². The van der Waals surface area contributed by atoms with Gasteiger partial charge in [-0.2, -0.15) is 13.5 Å². The van der Waals surface area contributed by atoms with E-state index in [2.05, 4.69) is 26.5 Å². The highest BCUT2D eigenvalue weighted by Crippen LogP contribution is 2.43. The maximum Gasteiger partial charge on any atom is 0.407 e. The van der Waals surface area contributed by atoms with Crippen LogP contribution in [0.5, 0.6) is 5.75 Å². The number of morpholine rings is 1. The van der Waals surface area contributed by atoms with E-state index >= 15 is 8.78 Å². The fraction of sp³-hybridized carbons (Fsp3) is 0.595. The van der Waals surface area contributed by atoms with Crippen molar-refractivity contribution in [3.05, 3.63) is 53.2 Å². The summed E-state index contributed by atoms with van der Waals surface area (Å²) in [5.74, 6) is -2.79. The van der Waals surface area contributed by atoms with E-state index in [1.165, 1.54) is 17.0 Å². The molecule has 2 fully saturated rings. The SMILES string of the molecule is CCS(=O)(=O)OCCCCCCCOc1cc2c(C)nnc(NC(C)c3cccc(C(F)(F)C4CCN(C(=O)O)CC4)c3)c2cc1N1CCOCC1. The van der Waals surface area contributed by atoms with Crippen molar-refractivity contribution in [2.75, 3.05) is 68.6 Å². The molecule has 15 heteroatoms. The van der Waals surface area contributed by atoms with E-state index < -0.39 is 28.1 Å². The molecule has 1 amide bonds. The lowest BCUT2D eigenvalue weighted by Crippen LogP contribution is -2.41. The molecule has 3 aromatic rings. The zero-order valence-electron chi connectivity index (χ0n) is 30.3. The van der Waals surface area contributed by atoms with Crippen LogP contribution in [0, 0.1) is 12.8 Å². The third kappa shape index (κ3) is 9.98. The fourth-order valence-corrected chi connectivity index (χ4v) is 7.27. The second-order valence-electron chi connectivity index (χ2n) is 13.5. The number of anilines is 2. The number of piperidine rings is 1. The molecular formula is C37H51F2N5O7S. The summed E-state index contributed by atoms with van der Waals surface area (Å²) in [7, 11) is -3.40. The molecule has 1 atom stereocenters. The summed E-state index contributed by atoms with van der Waals surface area (Å²) in [6, 6.07) is 10.1. The first-order valence-corrected chi connectivity index (χ1v) is 19.8. The highest BCUT2D eigenvalue weighted by molar-refractivity contribution is 7.86. The monoisotopic (exact) mass is 747 g/mol. The minimum atomic E-state index is -3.40. The minimum Gasteiger partial charge on any atom is -0.491 e. The zero-order chi connectivity index (χ0) is 37.3. The molecule has 0 bridgehead atoms. The van der Waals surface area contributed by atoms with Gasteiger partial charge in [-0.1, -0.05) is 37.5 Å². The Labute approximate surface area is 304 Å². The molecule has 2 saturated heterocycles. The maximum absolute atomic E-state index is 15.7. The summed E-state index contributed by atoms with van der Waals surface area (Å²) in [6.07, 6.45) is 3.42. The van der Waals surface area contributed by atoms with Crippen molar-refractivity contribution in [3.8, 4) is 5.75 Å². The van der Waals surface area contributed by atoms with Gasteiger partial charge in [0.05, 0.1) is 49.6 Å². The summed E-state index contributed by atoms with van der Waals surface area (Å²) < 4.78 is 71.4. The second-order valence-corrected chi connectivity index (χ2v) is 15.5. The van der Waals surface area contributed by atoms with Gasteiger partial charge in [-0.25, -0.2) is 13.6 Å². The van der Waals surface area contributed by atoms with E-state index in [9.17, 15) is 18.3 Å². The lowest BCUT2D eigenvalue weighted by atomic mass is 9.85. The number of nitrogens with zero attached hydrogens (tertiary/aromatic N) is 4. The van der Waals surface area contributed by atoms with E-state index in [-0.39, 0.29) is 49.9 Å². The summed E-state index contributed by atoms with van der Waals surface area (Å²) in [5, 5.41) is 23.3. The number of carbonyl (C=O) groups is 1. The Kier molecular flexibility index (Phi) is 13.5. The van der Waals surface area contributed by atoms with Crippen LogP contribution in [-0.2, 0) is 25.0 Å². The first kappa shape index (κ1) is 39.4. The van der Waals surface area contributed by atoms with Crippen LogP contribution in [0.15, 0.2) is 36.4 Å². The van der Waals surface area contributed by atoms with Gasteiger partial charge in [0.1, 0.15) is 5.75 Å². The molecule has 0 radical (unpaired) electrons. The van der Waals surface area contributed by atoms with Gasteiger partial charge in [0, 0.05) is 48.4 Å². The number of alkyl halides is 2. The molecule has 0 spiro atoms. The molecule has 3 heterocycles. The van der Waals surface area contributed by atoms with Crippen molar-refractivity contribution in [1.82, 2.24) is 15.1 Å². The molecule has 2 aromatic carbocycles. The van der Waals surface area contributed by atoms with Crippen LogP contribution in [-0.4, -0.2) is 93.1 Å². The number of likely N-dealkylation sites (tertiary alicyclic amines) is 1. The second kappa shape index (κ2) is 17.8. The Bertz CT molecular complexity index is 1770. The molecule has 0 aliphatic carbocycles. The van der Waals surface area contributed by atoms with Gasteiger partial charge in [0.15, 0.2) is 5.82 Å². The number of unbranched alkanes of at least 4 members (excludes halogenated alkanes) is 4. The number of carboxylic acid groups (broad SMARTS) is 1. The standard InChI is InChI=1S/C37H51F2N5O7S/c1-4-52(47,48)51-20-9-7-5-6-8-19-50-34-25-31-27(3)41-42-35(32(31)24-33(34)43-17-21-49-22-18-43)40-26(2)28-11-10-12-30(23-28)37(38,39)29-13-15-44(16-14-29)36(45)46/h10-12,23-26,29H,4-9,13-22H2,1-3H3,(H,40,42)(H,45,46). The van der Waals surface area contributed by atoms with Crippen LogP contribution in [0.3, 0.4) is 0 Å². The first-order valence-electron chi connectivity index (χ1n) is 18.3. The number of hydrogen-bond acceptors (Lipinski definition) is 10. The van der Waals surface area contributed by atoms with Crippen molar-refractivity contribution in [2.24, 2.45) is 5.92 Å². The average molecular weight is 748 g/mol. The van der Waals surface area contributed by atoms with Gasteiger partial charge in [-0.05, 0) is 70.2 Å². The molecule has 12 nitrogen and oxygen atoms in total. The van der Waals surface area contributed by atoms with Gasteiger partial charge in [0.25, 0.3) is 16.0 Å². The third-order valence-electron chi connectivity index (χ3n) is 9.96. The Morgan fingerprint density at radius 2 is 1.71 bits per heavy atom. The number of aryl methyl sites for hydroxylation is 1. The lowest BCUT2D eigenvalue weighted by Gasteiger charge is -2.35. The quantitative estimate of drug-likeness (QED) is 0.108. The van der Waals surface area contributed by atoms with E-state index in [1.54, 1.807) is 13.0 Å². The summed E-state index contributed by atoms with van der Waals surface area (Å²) in [4.78, 5) is 14.7. The number of benzene rings is 2. The number of hydrogen-bond donors (Lipinski definition) is 2. The number of ether oxygens (including phenoxy) is 2. The number of nitrogens with one attached hydrogen (secondary N) is 1. The molecule has 1 unspecified atom stereocenters. The summed E-state index contributed by atoms with van der Waals surface area (Å²) in [6.45, 7) is 8.86. The van der Waals surface area contributed by atoms with Gasteiger partial charge in [0.2, 0.25) is 0 Å². The van der Waals surface area contributed by atoms with Gasteiger partial charge < -0.3 is 29.7 Å². The molecule has 52 heavy (non-hydrogen) atoms. The molecule has 2 aliphatic rings. The van der Waals surface area contributed by atoms with Crippen LogP contribution in [0.1, 0.15) is 81.7 Å². The molecule has 286 valence electrons. The Balaban J connectivity index is 1.28. The Morgan fingerprint density at radius 1 is 1.02 bits per heavy atom. The summed E-state index contributed by atoms with van der Waals surface area (Å²) >= 11 is 0. The first-order chi connectivity index (χ1) is 24.9. The predicted molar refractivity (Wildman–Crippen MR) is 196 cm³/mol. The Hall–Kier alpha value is -3.82. The number of amides is 1. The van der Waals surface area contributed by atoms with Crippen molar-refractivity contribution >= 4 is 38.5 Å². The van der Waals surface area contributed by atoms with Gasteiger partial charge >= 0.3 is 6.09 Å². The van der Waals surface area contributed by atoms with Crippen molar-refractivity contribution in [3.63, 3.8) is 0 Å². The Morgan fingerprint density at radius 3 is 2.40 bits per heavy atom. The van der Waals surface area contributed by atoms with Crippen molar-refractivity contribution in [1.29, 1.82) is 0 Å². The van der Waals surface area contributed by atoms with Crippen LogP contribution >= 0.6 is 0 Å². The molecule has 0 saturated carbocycles. The molecule has 1 aromatic heterocycles. The highest BCUT2D eigenvalue weighted by Gasteiger charge is 2.43. The third-order valence-corrected chi connectivity index (χ3v) is 11.2. The van der Waals surface area contributed by atoms with Crippen molar-refractivity contribution in [2.45, 2.75) is 77.7 Å². The van der Waals surface area contributed by atoms with E-state index in [0.29, 0.717) is 50.7 Å². The molecule has 2 aliphatic heterocycles. The predicted octanol–water partition coefficient (Wildman–Crippen LogP) is 7.13. The number of aromatic nitrogens is 2. The minimum absolute atomic E-state index is 0.0206.